The van der Waals surface area contributed by atoms with Crippen LogP contribution in [0.1, 0.15) is 27.7 Å². The van der Waals surface area contributed by atoms with Crippen molar-refractivity contribution in [3.8, 4) is 0 Å². The Bertz CT molecular complexity index is 305. The average molecular weight is 264 g/mol. The third-order valence-corrected chi connectivity index (χ3v) is 3.30. The van der Waals surface area contributed by atoms with E-state index in [9.17, 15) is 9.59 Å². The number of carbonyl (C=O) groups excluding carboxylic acids is 2. The van der Waals surface area contributed by atoms with Crippen molar-refractivity contribution in [2.45, 2.75) is 39.3 Å². The minimum absolute atomic E-state index is 0. The Hall–Kier alpha value is -0.810. The molecule has 0 saturated carbocycles. The Morgan fingerprint density at radius 1 is 1.47 bits per heavy atom. The average Bonchev–Trinajstić information content (AvgIpc) is 2.19. The first-order chi connectivity index (χ1) is 7.28. The lowest BCUT2D eigenvalue weighted by Crippen LogP contribution is -2.64. The molecular formula is C11H22ClN3O2. The molecule has 0 spiro atoms. The molecule has 1 aliphatic heterocycles. The molecule has 3 N–H and O–H groups in total. The highest BCUT2D eigenvalue weighted by Gasteiger charge is 2.41. The minimum atomic E-state index is -0.779. The Balaban J connectivity index is 0.00000256. The summed E-state index contributed by atoms with van der Waals surface area (Å²) in [5.74, 6) is -0.413. The van der Waals surface area contributed by atoms with Gasteiger partial charge in [0.2, 0.25) is 11.8 Å². The zero-order chi connectivity index (χ0) is 12.5. The van der Waals surface area contributed by atoms with E-state index >= 15 is 0 Å². The number of nitrogens with one attached hydrogen (secondary N) is 1. The zero-order valence-electron chi connectivity index (χ0n) is 10.8. The summed E-state index contributed by atoms with van der Waals surface area (Å²) in [4.78, 5) is 25.5. The highest BCUT2D eigenvalue weighted by atomic mass is 35.5. The number of piperazine rings is 1. The highest BCUT2D eigenvalue weighted by Crippen LogP contribution is 2.20. The number of amides is 2. The van der Waals surface area contributed by atoms with E-state index in [1.165, 1.54) is 0 Å². The third kappa shape index (κ3) is 3.10. The van der Waals surface area contributed by atoms with E-state index in [0.717, 1.165) is 0 Å². The van der Waals surface area contributed by atoms with Gasteiger partial charge < -0.3 is 16.0 Å². The maximum absolute atomic E-state index is 12.2. The van der Waals surface area contributed by atoms with Crippen molar-refractivity contribution in [2.24, 2.45) is 11.7 Å². The van der Waals surface area contributed by atoms with Gasteiger partial charge in [0.25, 0.3) is 0 Å². The fourth-order valence-electron chi connectivity index (χ4n) is 1.76. The third-order valence-electron chi connectivity index (χ3n) is 3.30. The van der Waals surface area contributed by atoms with Crippen LogP contribution in [-0.2, 0) is 9.59 Å². The van der Waals surface area contributed by atoms with Crippen molar-refractivity contribution in [2.75, 3.05) is 13.1 Å². The molecule has 0 radical (unpaired) electrons. The summed E-state index contributed by atoms with van der Waals surface area (Å²) in [5.41, 5.74) is 4.94. The topological polar surface area (TPSA) is 75.4 Å². The van der Waals surface area contributed by atoms with E-state index in [0.29, 0.717) is 13.1 Å². The number of nitrogens with zero attached hydrogens (tertiary/aromatic N) is 1. The molecule has 2 atom stereocenters. The van der Waals surface area contributed by atoms with Crippen molar-refractivity contribution < 1.29 is 9.59 Å². The van der Waals surface area contributed by atoms with Gasteiger partial charge in [0, 0.05) is 19.1 Å². The summed E-state index contributed by atoms with van der Waals surface area (Å²) < 4.78 is 0. The summed E-state index contributed by atoms with van der Waals surface area (Å²) in [6.45, 7) is 8.18. The van der Waals surface area contributed by atoms with Crippen LogP contribution in [0.3, 0.4) is 0 Å². The highest BCUT2D eigenvalue weighted by molar-refractivity contribution is 5.92. The molecular weight excluding hydrogens is 242 g/mol. The molecule has 1 rings (SSSR count). The molecule has 17 heavy (non-hydrogen) atoms. The molecule has 100 valence electrons. The van der Waals surface area contributed by atoms with Crippen LogP contribution in [0.15, 0.2) is 0 Å². The maximum atomic E-state index is 12.2. The summed E-state index contributed by atoms with van der Waals surface area (Å²) >= 11 is 0. The first-order valence-electron chi connectivity index (χ1n) is 5.64. The van der Waals surface area contributed by atoms with E-state index in [1.54, 1.807) is 32.6 Å². The number of rotatable bonds is 2. The largest absolute Gasteiger partial charge is 0.352 e. The summed E-state index contributed by atoms with van der Waals surface area (Å²) in [5, 5.41) is 2.76. The second kappa shape index (κ2) is 5.69. The van der Waals surface area contributed by atoms with Gasteiger partial charge in [-0.15, -0.1) is 12.4 Å². The lowest BCUT2D eigenvalue weighted by molar-refractivity contribution is -0.152. The van der Waals surface area contributed by atoms with Crippen LogP contribution in [0.25, 0.3) is 0 Å². The van der Waals surface area contributed by atoms with Crippen molar-refractivity contribution in [3.63, 3.8) is 0 Å². The van der Waals surface area contributed by atoms with Gasteiger partial charge in [-0.3, -0.25) is 9.59 Å². The summed E-state index contributed by atoms with van der Waals surface area (Å²) in [6, 6.07) is -0.201. The molecule has 1 fully saturated rings. The Kier molecular flexibility index (Phi) is 5.42. The first kappa shape index (κ1) is 16.2. The van der Waals surface area contributed by atoms with Gasteiger partial charge in [0.1, 0.15) is 5.54 Å². The number of hydrogen-bond donors (Lipinski definition) is 2. The van der Waals surface area contributed by atoms with Crippen molar-refractivity contribution >= 4 is 24.2 Å². The van der Waals surface area contributed by atoms with Crippen LogP contribution in [-0.4, -0.2) is 41.4 Å². The van der Waals surface area contributed by atoms with Gasteiger partial charge in [0.15, 0.2) is 0 Å². The lowest BCUT2D eigenvalue weighted by atomic mass is 9.94. The number of nitrogens with two attached hydrogens (primary N) is 1. The van der Waals surface area contributed by atoms with Gasteiger partial charge in [0.05, 0.1) is 5.92 Å². The van der Waals surface area contributed by atoms with Crippen molar-refractivity contribution in [1.29, 1.82) is 0 Å². The molecule has 0 bridgehead atoms. The first-order valence-corrected chi connectivity index (χ1v) is 5.64. The van der Waals surface area contributed by atoms with Crippen LogP contribution in [0.5, 0.6) is 0 Å². The second-order valence-corrected chi connectivity index (χ2v) is 4.95. The van der Waals surface area contributed by atoms with Gasteiger partial charge in [-0.1, -0.05) is 6.92 Å². The second-order valence-electron chi connectivity index (χ2n) is 4.95. The van der Waals surface area contributed by atoms with Gasteiger partial charge >= 0.3 is 0 Å². The van der Waals surface area contributed by atoms with E-state index < -0.39 is 5.54 Å². The van der Waals surface area contributed by atoms with E-state index in [2.05, 4.69) is 5.32 Å². The molecule has 1 aliphatic rings. The fraction of sp³-hybridized carbons (Fsp3) is 0.818. The maximum Gasteiger partial charge on any atom is 0.245 e. The molecule has 2 unspecified atom stereocenters. The van der Waals surface area contributed by atoms with E-state index in [1.807, 2.05) is 0 Å². The molecule has 5 nitrogen and oxygen atoms in total. The molecule has 1 heterocycles. The molecule has 1 saturated heterocycles. The van der Waals surface area contributed by atoms with E-state index in [4.69, 9.17) is 5.73 Å². The molecule has 6 heteroatoms. The number of hydrogen-bond acceptors (Lipinski definition) is 3. The fourth-order valence-corrected chi connectivity index (χ4v) is 1.76. The van der Waals surface area contributed by atoms with Crippen LogP contribution in [0.2, 0.25) is 0 Å². The Morgan fingerprint density at radius 2 is 2.00 bits per heavy atom. The predicted molar refractivity (Wildman–Crippen MR) is 68.9 cm³/mol. The van der Waals surface area contributed by atoms with Crippen LogP contribution >= 0.6 is 12.4 Å². The van der Waals surface area contributed by atoms with E-state index in [-0.39, 0.29) is 36.2 Å². The standard InChI is InChI=1S/C11H21N3O2.ClH/c1-7(8(2)12)9(15)14-6-5-13-10(16)11(14,3)4;/h7-8H,5-6,12H2,1-4H3,(H,13,16);1H. The molecule has 0 aromatic carbocycles. The normalized spacial score (nSPS) is 22.2. The Labute approximate surface area is 109 Å². The lowest BCUT2D eigenvalue weighted by Gasteiger charge is -2.42. The summed E-state index contributed by atoms with van der Waals surface area (Å²) in [6.07, 6.45) is 0. The summed E-state index contributed by atoms with van der Waals surface area (Å²) in [7, 11) is 0. The van der Waals surface area contributed by atoms with Gasteiger partial charge in [-0.2, -0.15) is 0 Å². The zero-order valence-corrected chi connectivity index (χ0v) is 11.6. The predicted octanol–water partition coefficient (Wildman–Crippen LogP) is 0.129. The smallest absolute Gasteiger partial charge is 0.245 e. The quantitative estimate of drug-likeness (QED) is 0.744. The molecule has 0 aromatic rings. The molecule has 2 amide bonds. The minimum Gasteiger partial charge on any atom is -0.352 e. The van der Waals surface area contributed by atoms with Crippen molar-refractivity contribution in [1.82, 2.24) is 10.2 Å². The number of halogens is 1. The van der Waals surface area contributed by atoms with Gasteiger partial charge in [-0.05, 0) is 20.8 Å². The van der Waals surface area contributed by atoms with Crippen molar-refractivity contribution in [3.05, 3.63) is 0 Å². The molecule has 0 aromatic heterocycles. The Morgan fingerprint density at radius 3 is 2.47 bits per heavy atom. The monoisotopic (exact) mass is 263 g/mol. The van der Waals surface area contributed by atoms with Crippen LogP contribution < -0.4 is 11.1 Å². The number of carbonyl (C=O) groups is 2. The molecule has 0 aliphatic carbocycles. The van der Waals surface area contributed by atoms with Crippen LogP contribution in [0, 0.1) is 5.92 Å². The van der Waals surface area contributed by atoms with Crippen LogP contribution in [0.4, 0.5) is 0 Å². The SMILES string of the molecule is CC(N)C(C)C(=O)N1CCNC(=O)C1(C)C.Cl. The van der Waals surface area contributed by atoms with Gasteiger partial charge in [-0.25, -0.2) is 0 Å².